The molecule has 0 aliphatic rings. The minimum absolute atomic E-state index is 0.579. The van der Waals surface area contributed by atoms with Gasteiger partial charge in [0.2, 0.25) is 0 Å². The smallest absolute Gasteiger partial charge is 0.325 e. The molecular weight excluding hydrogens is 182 g/mol. The number of hydrogen-bond donors (Lipinski definition) is 2. The van der Waals surface area contributed by atoms with Crippen molar-refractivity contribution in [1.82, 2.24) is 0 Å². The fraction of sp³-hybridized carbons (Fsp3) is 0.300. The summed E-state index contributed by atoms with van der Waals surface area (Å²) >= 11 is 0. The van der Waals surface area contributed by atoms with E-state index in [1.165, 1.54) is 0 Å². The first kappa shape index (κ1) is 10.5. The van der Waals surface area contributed by atoms with Crippen LogP contribution in [0.15, 0.2) is 18.2 Å². The summed E-state index contributed by atoms with van der Waals surface area (Å²) in [4.78, 5) is 10.6. The van der Waals surface area contributed by atoms with Crippen LogP contribution >= 0.6 is 0 Å². The minimum Gasteiger partial charge on any atom is -0.496 e. The molecule has 0 spiro atoms. The van der Waals surface area contributed by atoms with Gasteiger partial charge in [0.15, 0.2) is 0 Å². The lowest BCUT2D eigenvalue weighted by Gasteiger charge is -2.10. The van der Waals surface area contributed by atoms with Gasteiger partial charge in [-0.2, -0.15) is 0 Å². The maximum atomic E-state index is 10.6. The summed E-state index contributed by atoms with van der Waals surface area (Å²) in [6, 6.07) is 4.12. The van der Waals surface area contributed by atoms with Crippen molar-refractivity contribution in [3.05, 3.63) is 29.3 Å². The minimum atomic E-state index is -1.03. The number of rotatable bonds is 3. The van der Waals surface area contributed by atoms with E-state index in [0.717, 1.165) is 11.3 Å². The number of aryl methyl sites for hydroxylation is 1. The zero-order chi connectivity index (χ0) is 10.7. The predicted molar refractivity (Wildman–Crippen MR) is 52.3 cm³/mol. The van der Waals surface area contributed by atoms with Gasteiger partial charge in [-0.15, -0.1) is 0 Å². The molecule has 14 heavy (non-hydrogen) atoms. The molecule has 0 aromatic heterocycles. The van der Waals surface area contributed by atoms with Crippen molar-refractivity contribution >= 4 is 5.97 Å². The van der Waals surface area contributed by atoms with Gasteiger partial charge in [-0.25, -0.2) is 0 Å². The van der Waals surface area contributed by atoms with E-state index >= 15 is 0 Å². The lowest BCUT2D eigenvalue weighted by atomic mass is 10.0. The van der Waals surface area contributed by atoms with Gasteiger partial charge in [0.1, 0.15) is 11.8 Å². The van der Waals surface area contributed by atoms with Crippen molar-refractivity contribution in [2.24, 2.45) is 5.73 Å². The normalized spacial score (nSPS) is 12.2. The third-order valence-corrected chi connectivity index (χ3v) is 2.04. The molecule has 0 heterocycles. The average Bonchev–Trinajstić information content (AvgIpc) is 2.16. The van der Waals surface area contributed by atoms with Gasteiger partial charge in [-0.1, -0.05) is 12.1 Å². The average molecular weight is 195 g/mol. The Kier molecular flexibility index (Phi) is 3.09. The summed E-state index contributed by atoms with van der Waals surface area (Å²) in [6.07, 6.45) is 0. The van der Waals surface area contributed by atoms with Crippen molar-refractivity contribution in [2.45, 2.75) is 13.0 Å². The van der Waals surface area contributed by atoms with Gasteiger partial charge in [0, 0.05) is 0 Å². The molecule has 0 saturated heterocycles. The van der Waals surface area contributed by atoms with E-state index in [9.17, 15) is 4.79 Å². The van der Waals surface area contributed by atoms with Crippen LogP contribution in [0.25, 0.3) is 0 Å². The van der Waals surface area contributed by atoms with Crippen molar-refractivity contribution in [3.63, 3.8) is 0 Å². The van der Waals surface area contributed by atoms with Gasteiger partial charge < -0.3 is 15.6 Å². The summed E-state index contributed by atoms with van der Waals surface area (Å²) in [5.74, 6) is -0.305. The molecule has 4 nitrogen and oxygen atoms in total. The highest BCUT2D eigenvalue weighted by atomic mass is 16.5. The van der Waals surface area contributed by atoms with E-state index in [4.69, 9.17) is 15.6 Å². The third kappa shape index (κ3) is 2.03. The Morgan fingerprint density at radius 1 is 1.57 bits per heavy atom. The second-order valence-corrected chi connectivity index (χ2v) is 3.04. The largest absolute Gasteiger partial charge is 0.496 e. The molecule has 0 saturated carbocycles. The Labute approximate surface area is 82.3 Å². The second-order valence-electron chi connectivity index (χ2n) is 3.04. The number of aliphatic carboxylic acids is 1. The summed E-state index contributed by atoms with van der Waals surface area (Å²) in [6.45, 7) is 1.84. The van der Waals surface area contributed by atoms with Crippen LogP contribution < -0.4 is 10.5 Å². The fourth-order valence-corrected chi connectivity index (χ4v) is 1.24. The van der Waals surface area contributed by atoms with Crippen molar-refractivity contribution in [3.8, 4) is 5.75 Å². The molecule has 4 heteroatoms. The van der Waals surface area contributed by atoms with E-state index in [-0.39, 0.29) is 0 Å². The number of carboxylic acids is 1. The Morgan fingerprint density at radius 3 is 2.64 bits per heavy atom. The van der Waals surface area contributed by atoms with Crippen LogP contribution in [0.4, 0.5) is 0 Å². The lowest BCUT2D eigenvalue weighted by Crippen LogP contribution is -2.20. The van der Waals surface area contributed by atoms with E-state index in [1.807, 2.05) is 6.92 Å². The molecule has 0 bridgehead atoms. The van der Waals surface area contributed by atoms with Gasteiger partial charge in [-0.3, -0.25) is 4.79 Å². The first-order valence-electron chi connectivity index (χ1n) is 4.19. The standard InChI is InChI=1S/C10H13NO3/c1-6-5-7(9(11)10(12)13)3-4-8(6)14-2/h3-5,9H,11H2,1-2H3,(H,12,13). The maximum absolute atomic E-state index is 10.6. The summed E-state index contributed by atoms with van der Waals surface area (Å²) < 4.78 is 5.05. The molecule has 0 aliphatic heterocycles. The van der Waals surface area contributed by atoms with E-state index < -0.39 is 12.0 Å². The molecule has 1 unspecified atom stereocenters. The zero-order valence-corrected chi connectivity index (χ0v) is 8.15. The van der Waals surface area contributed by atoms with Gasteiger partial charge in [0.05, 0.1) is 7.11 Å². The Bertz CT molecular complexity index is 349. The first-order chi connectivity index (χ1) is 6.56. The molecule has 76 valence electrons. The lowest BCUT2D eigenvalue weighted by molar-refractivity contribution is -0.138. The van der Waals surface area contributed by atoms with Crippen molar-refractivity contribution in [1.29, 1.82) is 0 Å². The van der Waals surface area contributed by atoms with Crippen LogP contribution in [0.2, 0.25) is 0 Å². The summed E-state index contributed by atoms with van der Waals surface area (Å²) in [7, 11) is 1.57. The quantitative estimate of drug-likeness (QED) is 0.757. The van der Waals surface area contributed by atoms with E-state index in [2.05, 4.69) is 0 Å². The SMILES string of the molecule is COc1ccc(C(N)C(=O)O)cc1C. The van der Waals surface area contributed by atoms with Crippen molar-refractivity contribution in [2.75, 3.05) is 7.11 Å². The predicted octanol–water partition coefficient (Wildman–Crippen LogP) is 1.09. The van der Waals surface area contributed by atoms with Gasteiger partial charge >= 0.3 is 5.97 Å². The second kappa shape index (κ2) is 4.11. The number of carboxylic acid groups (broad SMARTS) is 1. The first-order valence-corrected chi connectivity index (χ1v) is 4.19. The topological polar surface area (TPSA) is 72.5 Å². The monoisotopic (exact) mass is 195 g/mol. The highest BCUT2D eigenvalue weighted by molar-refractivity contribution is 5.75. The number of nitrogens with two attached hydrogens (primary N) is 1. The molecule has 1 atom stereocenters. The highest BCUT2D eigenvalue weighted by Crippen LogP contribution is 2.21. The Hall–Kier alpha value is -1.55. The van der Waals surface area contributed by atoms with Crippen LogP contribution in [-0.4, -0.2) is 18.2 Å². The Balaban J connectivity index is 3.02. The third-order valence-electron chi connectivity index (χ3n) is 2.04. The van der Waals surface area contributed by atoms with E-state index in [0.29, 0.717) is 5.56 Å². The molecule has 0 radical (unpaired) electrons. The molecule has 3 N–H and O–H groups in total. The number of carbonyl (C=O) groups is 1. The number of ether oxygens (including phenoxy) is 1. The zero-order valence-electron chi connectivity index (χ0n) is 8.15. The van der Waals surface area contributed by atoms with Crippen LogP contribution in [0, 0.1) is 6.92 Å². The Morgan fingerprint density at radius 2 is 2.21 bits per heavy atom. The van der Waals surface area contributed by atoms with Crippen LogP contribution in [-0.2, 0) is 4.79 Å². The van der Waals surface area contributed by atoms with Crippen LogP contribution in [0.5, 0.6) is 5.75 Å². The molecule has 1 aromatic rings. The number of benzene rings is 1. The van der Waals surface area contributed by atoms with Gasteiger partial charge in [-0.05, 0) is 24.1 Å². The fourth-order valence-electron chi connectivity index (χ4n) is 1.24. The molecule has 0 amide bonds. The van der Waals surface area contributed by atoms with Crippen LogP contribution in [0.3, 0.4) is 0 Å². The molecule has 1 rings (SSSR count). The van der Waals surface area contributed by atoms with Crippen molar-refractivity contribution < 1.29 is 14.6 Å². The molecule has 0 aliphatic carbocycles. The van der Waals surface area contributed by atoms with E-state index in [1.54, 1.807) is 25.3 Å². The van der Waals surface area contributed by atoms with Crippen LogP contribution in [0.1, 0.15) is 17.2 Å². The summed E-state index contributed by atoms with van der Waals surface area (Å²) in [5, 5.41) is 8.70. The highest BCUT2D eigenvalue weighted by Gasteiger charge is 2.14. The number of hydrogen-bond acceptors (Lipinski definition) is 3. The number of methoxy groups -OCH3 is 1. The molecule has 0 fully saturated rings. The molecular formula is C10H13NO3. The summed E-state index contributed by atoms with van der Waals surface area (Å²) in [5.41, 5.74) is 6.91. The van der Waals surface area contributed by atoms with Gasteiger partial charge in [0.25, 0.3) is 0 Å². The maximum Gasteiger partial charge on any atom is 0.325 e. The molecule has 1 aromatic carbocycles.